The summed E-state index contributed by atoms with van der Waals surface area (Å²) in [5, 5.41) is 0. The van der Waals surface area contributed by atoms with Crippen molar-refractivity contribution in [1.29, 1.82) is 0 Å². The van der Waals surface area contributed by atoms with Gasteiger partial charge in [-0.2, -0.15) is 8.42 Å². The SMILES string of the molecule is COc1ccc(SCCOS(=O)(=O)O)cc1N. The third kappa shape index (κ3) is 5.26. The molecule has 0 spiro atoms. The van der Waals surface area contributed by atoms with Crippen LogP contribution < -0.4 is 10.5 Å². The van der Waals surface area contributed by atoms with E-state index in [4.69, 9.17) is 15.0 Å². The molecule has 1 rings (SSSR count). The molecule has 0 heterocycles. The largest absolute Gasteiger partial charge is 0.495 e. The maximum atomic E-state index is 10.3. The van der Waals surface area contributed by atoms with Gasteiger partial charge >= 0.3 is 10.4 Å². The quantitative estimate of drug-likeness (QED) is 0.349. The lowest BCUT2D eigenvalue weighted by atomic mass is 10.3. The number of nitrogen functional groups attached to an aromatic ring is 1. The molecule has 0 unspecified atom stereocenters. The lowest BCUT2D eigenvalue weighted by Crippen LogP contribution is -2.06. The van der Waals surface area contributed by atoms with Crippen molar-refractivity contribution < 1.29 is 21.9 Å². The predicted molar refractivity (Wildman–Crippen MR) is 65.6 cm³/mol. The smallest absolute Gasteiger partial charge is 0.397 e. The molecule has 0 aliphatic rings. The van der Waals surface area contributed by atoms with E-state index >= 15 is 0 Å². The van der Waals surface area contributed by atoms with Gasteiger partial charge in [-0.15, -0.1) is 11.8 Å². The Labute approximate surface area is 104 Å². The maximum absolute atomic E-state index is 10.3. The first kappa shape index (κ1) is 14.1. The molecular weight excluding hydrogens is 266 g/mol. The van der Waals surface area contributed by atoms with Gasteiger partial charge in [0.2, 0.25) is 0 Å². The van der Waals surface area contributed by atoms with Crippen LogP contribution in [0.4, 0.5) is 5.69 Å². The van der Waals surface area contributed by atoms with Crippen molar-refractivity contribution in [3.8, 4) is 5.75 Å². The highest BCUT2D eigenvalue weighted by Gasteiger charge is 2.05. The number of thioether (sulfide) groups is 1. The third-order valence-electron chi connectivity index (χ3n) is 1.79. The predicted octanol–water partition coefficient (Wildman–Crippen LogP) is 1.19. The van der Waals surface area contributed by atoms with Crippen LogP contribution in [0.1, 0.15) is 0 Å². The summed E-state index contributed by atoms with van der Waals surface area (Å²) < 4.78 is 38.0. The molecule has 8 heteroatoms. The first-order valence-electron chi connectivity index (χ1n) is 4.60. The fourth-order valence-electron chi connectivity index (χ4n) is 1.10. The summed E-state index contributed by atoms with van der Waals surface area (Å²) in [4.78, 5) is 0.863. The Hall–Kier alpha value is -0.960. The zero-order valence-electron chi connectivity index (χ0n) is 9.12. The zero-order chi connectivity index (χ0) is 12.9. The fraction of sp³-hybridized carbons (Fsp3) is 0.333. The molecule has 0 fully saturated rings. The van der Waals surface area contributed by atoms with Crippen LogP contribution in [0.3, 0.4) is 0 Å². The van der Waals surface area contributed by atoms with Gasteiger partial charge in [0.25, 0.3) is 0 Å². The molecule has 1 aromatic rings. The lowest BCUT2D eigenvalue weighted by molar-refractivity contribution is 0.285. The summed E-state index contributed by atoms with van der Waals surface area (Å²) in [6.45, 7) is -0.102. The van der Waals surface area contributed by atoms with Crippen molar-refractivity contribution >= 4 is 27.8 Å². The molecule has 3 N–H and O–H groups in total. The Morgan fingerprint density at radius 2 is 2.18 bits per heavy atom. The molecule has 0 bridgehead atoms. The van der Waals surface area contributed by atoms with Crippen molar-refractivity contribution in [2.75, 3.05) is 25.2 Å². The molecule has 0 radical (unpaired) electrons. The molecule has 0 amide bonds. The minimum atomic E-state index is -4.36. The number of methoxy groups -OCH3 is 1. The van der Waals surface area contributed by atoms with Gasteiger partial charge in [0.1, 0.15) is 5.75 Å². The highest BCUT2D eigenvalue weighted by atomic mass is 32.3. The third-order valence-corrected chi connectivity index (χ3v) is 3.21. The number of hydrogen-bond acceptors (Lipinski definition) is 6. The van der Waals surface area contributed by atoms with E-state index in [0.29, 0.717) is 17.2 Å². The number of rotatable bonds is 6. The normalized spacial score (nSPS) is 11.4. The second kappa shape index (κ2) is 6.10. The summed E-state index contributed by atoms with van der Waals surface area (Å²) in [6.07, 6.45) is 0. The van der Waals surface area contributed by atoms with Gasteiger partial charge in [0.15, 0.2) is 0 Å². The van der Waals surface area contributed by atoms with Crippen LogP contribution in [0.25, 0.3) is 0 Å². The molecule has 0 saturated heterocycles. The van der Waals surface area contributed by atoms with Gasteiger partial charge in [-0.3, -0.25) is 4.55 Å². The molecule has 0 aliphatic heterocycles. The van der Waals surface area contributed by atoms with Gasteiger partial charge in [0.05, 0.1) is 19.4 Å². The monoisotopic (exact) mass is 279 g/mol. The molecule has 0 atom stereocenters. The van der Waals surface area contributed by atoms with Gasteiger partial charge in [-0.25, -0.2) is 4.18 Å². The molecular formula is C9H13NO5S2. The van der Waals surface area contributed by atoms with Crippen LogP contribution in [0.2, 0.25) is 0 Å². The summed E-state index contributed by atoms with van der Waals surface area (Å²) in [6, 6.07) is 5.24. The number of ether oxygens (including phenoxy) is 1. The highest BCUT2D eigenvalue weighted by molar-refractivity contribution is 7.99. The molecule has 6 nitrogen and oxygen atoms in total. The van der Waals surface area contributed by atoms with Crippen LogP contribution in [-0.4, -0.2) is 32.4 Å². The van der Waals surface area contributed by atoms with E-state index < -0.39 is 10.4 Å². The summed E-state index contributed by atoms with van der Waals surface area (Å²) >= 11 is 1.36. The van der Waals surface area contributed by atoms with Crippen molar-refractivity contribution in [2.24, 2.45) is 0 Å². The minimum absolute atomic E-state index is 0.102. The summed E-state index contributed by atoms with van der Waals surface area (Å²) in [7, 11) is -2.83. The summed E-state index contributed by atoms with van der Waals surface area (Å²) in [5.41, 5.74) is 6.21. The molecule has 96 valence electrons. The van der Waals surface area contributed by atoms with E-state index in [9.17, 15) is 8.42 Å². The Balaban J connectivity index is 2.45. The Bertz CT molecular complexity index is 474. The molecule has 17 heavy (non-hydrogen) atoms. The Morgan fingerprint density at radius 1 is 1.47 bits per heavy atom. The second-order valence-electron chi connectivity index (χ2n) is 3.00. The molecule has 0 aromatic heterocycles. The molecule has 1 aromatic carbocycles. The van der Waals surface area contributed by atoms with Gasteiger partial charge < -0.3 is 10.5 Å². The lowest BCUT2D eigenvalue weighted by Gasteiger charge is -2.06. The van der Waals surface area contributed by atoms with Crippen molar-refractivity contribution in [3.63, 3.8) is 0 Å². The zero-order valence-corrected chi connectivity index (χ0v) is 10.8. The van der Waals surface area contributed by atoms with Crippen LogP contribution in [0.15, 0.2) is 23.1 Å². The highest BCUT2D eigenvalue weighted by Crippen LogP contribution is 2.27. The van der Waals surface area contributed by atoms with E-state index in [1.54, 1.807) is 18.2 Å². The van der Waals surface area contributed by atoms with Gasteiger partial charge in [-0.1, -0.05) is 0 Å². The number of anilines is 1. The number of nitrogens with two attached hydrogens (primary N) is 1. The summed E-state index contributed by atoms with van der Waals surface area (Å²) in [5.74, 6) is 0.967. The number of benzene rings is 1. The average molecular weight is 279 g/mol. The van der Waals surface area contributed by atoms with Crippen LogP contribution in [0, 0.1) is 0 Å². The van der Waals surface area contributed by atoms with Crippen molar-refractivity contribution in [2.45, 2.75) is 4.90 Å². The second-order valence-corrected chi connectivity index (χ2v) is 5.26. The van der Waals surface area contributed by atoms with E-state index in [-0.39, 0.29) is 6.61 Å². The first-order chi connectivity index (χ1) is 7.92. The van der Waals surface area contributed by atoms with Gasteiger partial charge in [-0.05, 0) is 18.2 Å². The molecule has 0 aliphatic carbocycles. The van der Waals surface area contributed by atoms with E-state index in [0.717, 1.165) is 4.90 Å². The average Bonchev–Trinajstić information content (AvgIpc) is 2.23. The van der Waals surface area contributed by atoms with E-state index in [1.807, 2.05) is 0 Å². The fourth-order valence-corrected chi connectivity index (χ4v) is 2.28. The topological polar surface area (TPSA) is 98.8 Å². The van der Waals surface area contributed by atoms with Crippen LogP contribution in [0.5, 0.6) is 5.75 Å². The first-order valence-corrected chi connectivity index (χ1v) is 6.95. The van der Waals surface area contributed by atoms with Crippen molar-refractivity contribution in [3.05, 3.63) is 18.2 Å². The Morgan fingerprint density at radius 3 is 2.71 bits per heavy atom. The van der Waals surface area contributed by atoms with Crippen LogP contribution in [-0.2, 0) is 14.6 Å². The van der Waals surface area contributed by atoms with E-state index in [1.165, 1.54) is 18.9 Å². The maximum Gasteiger partial charge on any atom is 0.397 e. The molecule has 0 saturated carbocycles. The van der Waals surface area contributed by atoms with Crippen molar-refractivity contribution in [1.82, 2.24) is 0 Å². The van der Waals surface area contributed by atoms with E-state index in [2.05, 4.69) is 4.18 Å². The minimum Gasteiger partial charge on any atom is -0.495 e. The number of hydrogen-bond donors (Lipinski definition) is 2. The standard InChI is InChI=1S/C9H13NO5S2/c1-14-9-3-2-7(6-8(9)10)16-5-4-15-17(11,12)13/h2-3,6H,4-5,10H2,1H3,(H,11,12,13). The van der Waals surface area contributed by atoms with Gasteiger partial charge in [0, 0.05) is 10.6 Å². The van der Waals surface area contributed by atoms with Crippen LogP contribution >= 0.6 is 11.8 Å². The Kier molecular flexibility index (Phi) is 5.06.